The molecule has 4 rings (SSSR count). The maximum absolute atomic E-state index is 12.4. The molecule has 5 heteroatoms. The molecule has 3 aliphatic rings. The highest BCUT2D eigenvalue weighted by atomic mass is 16.2. The third-order valence-electron chi connectivity index (χ3n) is 5.09. The Morgan fingerprint density at radius 2 is 1.71 bits per heavy atom. The van der Waals surface area contributed by atoms with Crippen LogP contribution in [0.5, 0.6) is 0 Å². The molecule has 1 aliphatic heterocycles. The molecule has 2 bridgehead atoms. The molecule has 1 aromatic carbocycles. The fourth-order valence-corrected chi connectivity index (χ4v) is 4.05. The van der Waals surface area contributed by atoms with Gasteiger partial charge in [0.25, 0.3) is 11.8 Å². The summed E-state index contributed by atoms with van der Waals surface area (Å²) in [5.41, 5.74) is 3.26. The Morgan fingerprint density at radius 3 is 2.24 bits per heavy atom. The van der Waals surface area contributed by atoms with Crippen LogP contribution in [0.15, 0.2) is 24.3 Å². The fraction of sp³-hybridized carbons (Fsp3) is 0.438. The molecule has 3 atom stereocenters. The minimum atomic E-state index is -0.438. The number of carbonyl (C=O) groups is 3. The number of hydrogen-bond acceptors (Lipinski definition) is 3. The van der Waals surface area contributed by atoms with Gasteiger partial charge in [0, 0.05) is 5.92 Å². The van der Waals surface area contributed by atoms with Gasteiger partial charge in [0.1, 0.15) is 0 Å². The lowest BCUT2D eigenvalue weighted by Crippen LogP contribution is -2.48. The van der Waals surface area contributed by atoms with Gasteiger partial charge in [-0.05, 0) is 43.2 Å². The predicted octanol–water partition coefficient (Wildman–Crippen LogP) is 1.75. The van der Waals surface area contributed by atoms with Gasteiger partial charge >= 0.3 is 0 Å². The average molecular weight is 284 g/mol. The third kappa shape index (κ3) is 1.80. The van der Waals surface area contributed by atoms with Crippen molar-refractivity contribution in [3.05, 3.63) is 35.4 Å². The molecule has 2 aliphatic carbocycles. The molecule has 0 saturated heterocycles. The van der Waals surface area contributed by atoms with Crippen LogP contribution < -0.4 is 5.43 Å². The first-order chi connectivity index (χ1) is 10.1. The molecule has 2 saturated carbocycles. The monoisotopic (exact) mass is 284 g/mol. The van der Waals surface area contributed by atoms with Crippen molar-refractivity contribution in [3.8, 4) is 0 Å². The number of imide groups is 1. The molecule has 2 fully saturated rings. The maximum Gasteiger partial charge on any atom is 0.280 e. The second-order valence-corrected chi connectivity index (χ2v) is 6.25. The molecule has 1 N–H and O–H groups in total. The van der Waals surface area contributed by atoms with E-state index in [0.29, 0.717) is 23.0 Å². The molecule has 108 valence electrons. The van der Waals surface area contributed by atoms with E-state index < -0.39 is 11.8 Å². The SMILES string of the molecule is O=C(NN1C(=O)c2ccccc2C1=O)[C@H]1C[C@H]2CC[C@H]1C2. The molecule has 1 heterocycles. The topological polar surface area (TPSA) is 66.5 Å². The van der Waals surface area contributed by atoms with Gasteiger partial charge in [-0.3, -0.25) is 19.8 Å². The largest absolute Gasteiger partial charge is 0.280 e. The first-order valence-electron chi connectivity index (χ1n) is 7.43. The van der Waals surface area contributed by atoms with Crippen molar-refractivity contribution in [2.45, 2.75) is 25.7 Å². The Hall–Kier alpha value is -2.17. The van der Waals surface area contributed by atoms with E-state index in [0.717, 1.165) is 24.3 Å². The van der Waals surface area contributed by atoms with Crippen molar-refractivity contribution in [2.75, 3.05) is 0 Å². The molecule has 21 heavy (non-hydrogen) atoms. The highest BCUT2D eigenvalue weighted by Gasteiger charge is 2.45. The quantitative estimate of drug-likeness (QED) is 0.841. The summed E-state index contributed by atoms with van der Waals surface area (Å²) >= 11 is 0. The molecular formula is C16H16N2O3. The predicted molar refractivity (Wildman–Crippen MR) is 74.0 cm³/mol. The smallest absolute Gasteiger partial charge is 0.273 e. The van der Waals surface area contributed by atoms with E-state index in [1.807, 2.05) is 0 Å². The lowest BCUT2D eigenvalue weighted by atomic mass is 9.88. The summed E-state index contributed by atoms with van der Waals surface area (Å²) in [5.74, 6) is -0.0397. The molecule has 0 aromatic heterocycles. The van der Waals surface area contributed by atoms with Gasteiger partial charge in [0.05, 0.1) is 11.1 Å². The van der Waals surface area contributed by atoms with Crippen LogP contribution in [0, 0.1) is 17.8 Å². The molecule has 5 nitrogen and oxygen atoms in total. The summed E-state index contributed by atoms with van der Waals surface area (Å²) in [7, 11) is 0. The van der Waals surface area contributed by atoms with Crippen LogP contribution in [0.4, 0.5) is 0 Å². The van der Waals surface area contributed by atoms with Gasteiger partial charge in [0.2, 0.25) is 5.91 Å². The van der Waals surface area contributed by atoms with Crippen LogP contribution in [0.1, 0.15) is 46.4 Å². The van der Waals surface area contributed by atoms with Crippen LogP contribution in [0.25, 0.3) is 0 Å². The molecule has 0 spiro atoms. The van der Waals surface area contributed by atoms with Crippen molar-refractivity contribution >= 4 is 17.7 Å². The van der Waals surface area contributed by atoms with E-state index in [1.54, 1.807) is 24.3 Å². The van der Waals surface area contributed by atoms with Crippen LogP contribution in [0.3, 0.4) is 0 Å². The summed E-state index contributed by atoms with van der Waals surface area (Å²) in [4.78, 5) is 36.8. The van der Waals surface area contributed by atoms with Crippen molar-refractivity contribution in [1.29, 1.82) is 0 Å². The van der Waals surface area contributed by atoms with E-state index in [2.05, 4.69) is 5.43 Å². The van der Waals surface area contributed by atoms with Crippen molar-refractivity contribution in [1.82, 2.24) is 10.4 Å². The number of nitrogens with zero attached hydrogens (tertiary/aromatic N) is 1. The summed E-state index contributed by atoms with van der Waals surface area (Å²) in [5, 5.41) is 0.874. The summed E-state index contributed by atoms with van der Waals surface area (Å²) in [6.45, 7) is 0. The second-order valence-electron chi connectivity index (χ2n) is 6.25. The number of rotatable bonds is 2. The zero-order valence-corrected chi connectivity index (χ0v) is 11.5. The lowest BCUT2D eigenvalue weighted by Gasteiger charge is -2.23. The third-order valence-corrected chi connectivity index (χ3v) is 5.09. The van der Waals surface area contributed by atoms with Crippen LogP contribution in [0.2, 0.25) is 0 Å². The second kappa shape index (κ2) is 4.41. The van der Waals surface area contributed by atoms with E-state index in [4.69, 9.17) is 0 Å². The van der Waals surface area contributed by atoms with Gasteiger partial charge in [-0.2, -0.15) is 5.01 Å². The van der Waals surface area contributed by atoms with Gasteiger partial charge in [-0.25, -0.2) is 0 Å². The van der Waals surface area contributed by atoms with E-state index in [9.17, 15) is 14.4 Å². The number of fused-ring (bicyclic) bond motifs is 3. The number of hydrogen-bond donors (Lipinski definition) is 1. The maximum atomic E-state index is 12.4. The summed E-state index contributed by atoms with van der Waals surface area (Å²) < 4.78 is 0. The standard InChI is InChI=1S/C16H16N2O3/c19-14(13-8-9-5-6-10(13)7-9)17-18-15(20)11-3-1-2-4-12(11)16(18)21/h1-4,9-10,13H,5-8H2,(H,17,19)/t9-,10-,13-/m0/s1. The zero-order valence-electron chi connectivity index (χ0n) is 11.5. The minimum absolute atomic E-state index is 0.0481. The van der Waals surface area contributed by atoms with Gasteiger partial charge in [-0.1, -0.05) is 18.6 Å². The first kappa shape index (κ1) is 12.6. The van der Waals surface area contributed by atoms with E-state index in [1.165, 1.54) is 6.42 Å². The first-order valence-corrected chi connectivity index (χ1v) is 7.43. The molecule has 0 unspecified atom stereocenters. The number of amides is 3. The van der Waals surface area contributed by atoms with Gasteiger partial charge < -0.3 is 0 Å². The highest BCUT2D eigenvalue weighted by molar-refractivity contribution is 6.21. The lowest BCUT2D eigenvalue weighted by molar-refractivity contribution is -0.129. The van der Waals surface area contributed by atoms with Crippen LogP contribution >= 0.6 is 0 Å². The van der Waals surface area contributed by atoms with Crippen molar-refractivity contribution in [3.63, 3.8) is 0 Å². The Bertz CT molecular complexity index is 620. The Kier molecular flexibility index (Phi) is 2.64. The van der Waals surface area contributed by atoms with Gasteiger partial charge in [-0.15, -0.1) is 0 Å². The van der Waals surface area contributed by atoms with Gasteiger partial charge in [0.15, 0.2) is 0 Å². The average Bonchev–Trinajstić information content (AvgIpc) is 3.18. The molecule has 3 amide bonds. The Labute approximate surface area is 122 Å². The van der Waals surface area contributed by atoms with Crippen molar-refractivity contribution < 1.29 is 14.4 Å². The molecular weight excluding hydrogens is 268 g/mol. The number of carbonyl (C=O) groups excluding carboxylic acids is 3. The van der Waals surface area contributed by atoms with Crippen LogP contribution in [-0.4, -0.2) is 22.7 Å². The summed E-state index contributed by atoms with van der Waals surface area (Å²) in [6, 6.07) is 6.65. The van der Waals surface area contributed by atoms with Crippen LogP contribution in [-0.2, 0) is 4.79 Å². The molecule has 1 aromatic rings. The zero-order chi connectivity index (χ0) is 14.6. The number of hydrazine groups is 1. The Morgan fingerprint density at radius 1 is 1.05 bits per heavy atom. The number of nitrogens with one attached hydrogen (secondary N) is 1. The van der Waals surface area contributed by atoms with E-state index in [-0.39, 0.29) is 11.8 Å². The highest BCUT2D eigenvalue weighted by Crippen LogP contribution is 2.48. The number of benzene rings is 1. The Balaban J connectivity index is 1.52. The normalized spacial score (nSPS) is 29.9. The molecule has 0 radical (unpaired) electrons. The fourth-order valence-electron chi connectivity index (χ4n) is 4.05. The summed E-state index contributed by atoms with van der Waals surface area (Å²) in [6.07, 6.45) is 4.30. The van der Waals surface area contributed by atoms with Crippen molar-refractivity contribution in [2.24, 2.45) is 17.8 Å². The minimum Gasteiger partial charge on any atom is -0.273 e. The van der Waals surface area contributed by atoms with E-state index >= 15 is 0 Å².